The molecule has 2 atom stereocenters. The van der Waals surface area contributed by atoms with Crippen molar-refractivity contribution in [3.05, 3.63) is 95.6 Å². The second-order valence-corrected chi connectivity index (χ2v) is 6.18. The molecule has 0 amide bonds. The molecule has 1 aliphatic rings. The molecule has 26 heavy (non-hydrogen) atoms. The van der Waals surface area contributed by atoms with Gasteiger partial charge in [-0.3, -0.25) is 4.79 Å². The summed E-state index contributed by atoms with van der Waals surface area (Å²) < 4.78 is 11.6. The highest BCUT2D eigenvalue weighted by molar-refractivity contribution is 5.91. The fourth-order valence-corrected chi connectivity index (χ4v) is 3.01. The van der Waals surface area contributed by atoms with E-state index in [-0.39, 0.29) is 5.78 Å². The molecule has 3 aromatic carbocycles. The first-order chi connectivity index (χ1) is 12.7. The molecular formula is C22H18O4. The SMILES string of the molecule is O=C1C(O)c2ccccc2OC1c1ccc(OCc2ccccc2)cc1. The Balaban J connectivity index is 1.49. The van der Waals surface area contributed by atoms with Crippen LogP contribution in [0.5, 0.6) is 11.5 Å². The van der Waals surface area contributed by atoms with E-state index in [4.69, 9.17) is 9.47 Å². The van der Waals surface area contributed by atoms with Gasteiger partial charge in [0.05, 0.1) is 0 Å². The Morgan fingerprint density at radius 2 is 1.58 bits per heavy atom. The number of aliphatic hydroxyl groups is 1. The van der Waals surface area contributed by atoms with E-state index in [0.717, 1.165) is 5.56 Å². The van der Waals surface area contributed by atoms with Crippen molar-refractivity contribution in [1.29, 1.82) is 0 Å². The highest BCUT2D eigenvalue weighted by atomic mass is 16.5. The molecule has 0 aliphatic carbocycles. The summed E-state index contributed by atoms with van der Waals surface area (Å²) in [6, 6.07) is 24.2. The summed E-state index contributed by atoms with van der Waals surface area (Å²) in [7, 11) is 0. The molecule has 0 aromatic heterocycles. The van der Waals surface area contributed by atoms with E-state index >= 15 is 0 Å². The second kappa shape index (κ2) is 7.02. The average molecular weight is 346 g/mol. The predicted molar refractivity (Wildman–Crippen MR) is 97.0 cm³/mol. The molecule has 4 heteroatoms. The van der Waals surface area contributed by atoms with Crippen LogP contribution in [0.4, 0.5) is 0 Å². The van der Waals surface area contributed by atoms with Crippen LogP contribution in [0.25, 0.3) is 0 Å². The predicted octanol–water partition coefficient (Wildman–Crippen LogP) is 4.00. The number of Topliss-reactive ketones (excluding diaryl/α,β-unsaturated/α-hetero) is 1. The number of aliphatic hydroxyl groups excluding tert-OH is 1. The van der Waals surface area contributed by atoms with Crippen molar-refractivity contribution in [2.45, 2.75) is 18.8 Å². The van der Waals surface area contributed by atoms with Gasteiger partial charge in [-0.05, 0) is 23.8 Å². The van der Waals surface area contributed by atoms with Crippen molar-refractivity contribution in [3.8, 4) is 11.5 Å². The lowest BCUT2D eigenvalue weighted by molar-refractivity contribution is -0.137. The summed E-state index contributed by atoms with van der Waals surface area (Å²) in [6.45, 7) is 0.477. The standard InChI is InChI=1S/C22H18O4/c23-20-18-8-4-5-9-19(18)26-22(21(20)24)16-10-12-17(13-11-16)25-14-15-6-2-1-3-7-15/h1-13,20,22-23H,14H2. The van der Waals surface area contributed by atoms with E-state index in [1.807, 2.05) is 48.5 Å². The van der Waals surface area contributed by atoms with Crippen molar-refractivity contribution < 1.29 is 19.4 Å². The van der Waals surface area contributed by atoms with Crippen LogP contribution in [-0.4, -0.2) is 10.9 Å². The second-order valence-electron chi connectivity index (χ2n) is 6.18. The Labute approximate surface area is 151 Å². The average Bonchev–Trinajstić information content (AvgIpc) is 2.70. The molecule has 2 unspecified atom stereocenters. The van der Waals surface area contributed by atoms with Gasteiger partial charge in [0.25, 0.3) is 0 Å². The highest BCUT2D eigenvalue weighted by Crippen LogP contribution is 2.38. The summed E-state index contributed by atoms with van der Waals surface area (Å²) in [5.41, 5.74) is 2.29. The van der Waals surface area contributed by atoms with Gasteiger partial charge >= 0.3 is 0 Å². The lowest BCUT2D eigenvalue weighted by Crippen LogP contribution is -2.29. The maximum absolute atomic E-state index is 12.5. The summed E-state index contributed by atoms with van der Waals surface area (Å²) in [5, 5.41) is 10.3. The first-order valence-electron chi connectivity index (χ1n) is 8.46. The highest BCUT2D eigenvalue weighted by Gasteiger charge is 2.36. The van der Waals surface area contributed by atoms with Crippen LogP contribution in [0.2, 0.25) is 0 Å². The zero-order valence-electron chi connectivity index (χ0n) is 14.0. The minimum atomic E-state index is -1.17. The molecule has 0 spiro atoms. The van der Waals surface area contributed by atoms with Gasteiger partial charge in [0.2, 0.25) is 5.78 Å². The van der Waals surface area contributed by atoms with E-state index in [2.05, 4.69) is 0 Å². The first-order valence-corrected chi connectivity index (χ1v) is 8.46. The number of rotatable bonds is 4. The van der Waals surface area contributed by atoms with E-state index in [0.29, 0.717) is 29.2 Å². The number of fused-ring (bicyclic) bond motifs is 1. The molecule has 4 nitrogen and oxygen atoms in total. The number of ketones is 1. The summed E-state index contributed by atoms with van der Waals surface area (Å²) >= 11 is 0. The molecular weight excluding hydrogens is 328 g/mol. The van der Waals surface area contributed by atoms with Crippen molar-refractivity contribution in [2.24, 2.45) is 0 Å². The van der Waals surface area contributed by atoms with Gasteiger partial charge in [-0.2, -0.15) is 0 Å². The van der Waals surface area contributed by atoms with Crippen molar-refractivity contribution in [3.63, 3.8) is 0 Å². The van der Waals surface area contributed by atoms with Gasteiger partial charge in [0, 0.05) is 11.1 Å². The normalized spacial score (nSPS) is 18.7. The van der Waals surface area contributed by atoms with Crippen molar-refractivity contribution >= 4 is 5.78 Å². The molecule has 0 saturated carbocycles. The fourth-order valence-electron chi connectivity index (χ4n) is 3.01. The van der Waals surface area contributed by atoms with Gasteiger partial charge in [-0.15, -0.1) is 0 Å². The molecule has 0 saturated heterocycles. The van der Waals surface area contributed by atoms with Crippen LogP contribution in [0.1, 0.15) is 28.9 Å². The zero-order chi connectivity index (χ0) is 17.9. The number of ether oxygens (including phenoxy) is 2. The van der Waals surface area contributed by atoms with Crippen LogP contribution >= 0.6 is 0 Å². The third-order valence-electron chi connectivity index (χ3n) is 4.42. The number of hydrogen-bond acceptors (Lipinski definition) is 4. The molecule has 130 valence electrons. The van der Waals surface area contributed by atoms with Crippen LogP contribution < -0.4 is 9.47 Å². The van der Waals surface area contributed by atoms with Crippen molar-refractivity contribution in [2.75, 3.05) is 0 Å². The van der Waals surface area contributed by atoms with Gasteiger partial charge in [-0.25, -0.2) is 0 Å². The minimum absolute atomic E-state index is 0.360. The Morgan fingerprint density at radius 3 is 2.35 bits per heavy atom. The molecule has 0 radical (unpaired) electrons. The molecule has 4 rings (SSSR count). The Morgan fingerprint density at radius 1 is 0.885 bits per heavy atom. The Hall–Kier alpha value is -3.11. The third kappa shape index (κ3) is 3.19. The summed E-state index contributed by atoms with van der Waals surface area (Å²) in [6.07, 6.45) is -1.98. The van der Waals surface area contributed by atoms with Gasteiger partial charge in [-0.1, -0.05) is 60.7 Å². The number of para-hydroxylation sites is 1. The fraction of sp³-hybridized carbons (Fsp3) is 0.136. The number of benzene rings is 3. The number of hydrogen-bond donors (Lipinski definition) is 1. The van der Waals surface area contributed by atoms with Crippen LogP contribution in [0.3, 0.4) is 0 Å². The smallest absolute Gasteiger partial charge is 0.210 e. The lowest BCUT2D eigenvalue weighted by atomic mass is 9.94. The minimum Gasteiger partial charge on any atom is -0.489 e. The molecule has 1 aliphatic heterocycles. The molecule has 3 aromatic rings. The first kappa shape index (κ1) is 16.4. The van der Waals surface area contributed by atoms with E-state index in [9.17, 15) is 9.90 Å². The maximum atomic E-state index is 12.5. The zero-order valence-corrected chi connectivity index (χ0v) is 14.0. The molecule has 1 N–H and O–H groups in total. The van der Waals surface area contributed by atoms with E-state index in [1.54, 1.807) is 30.3 Å². The maximum Gasteiger partial charge on any atom is 0.210 e. The summed E-state index contributed by atoms with van der Waals surface area (Å²) in [4.78, 5) is 12.5. The topological polar surface area (TPSA) is 55.8 Å². The number of carbonyl (C=O) groups is 1. The summed E-state index contributed by atoms with van der Waals surface area (Å²) in [5.74, 6) is 0.887. The number of carbonyl (C=O) groups excluding carboxylic acids is 1. The van der Waals surface area contributed by atoms with Gasteiger partial charge < -0.3 is 14.6 Å². The van der Waals surface area contributed by atoms with Crippen LogP contribution in [-0.2, 0) is 11.4 Å². The largest absolute Gasteiger partial charge is 0.489 e. The van der Waals surface area contributed by atoms with Crippen LogP contribution in [0, 0.1) is 0 Å². The monoisotopic (exact) mass is 346 g/mol. The Kier molecular flexibility index (Phi) is 4.42. The quantitative estimate of drug-likeness (QED) is 0.776. The van der Waals surface area contributed by atoms with E-state index in [1.165, 1.54) is 0 Å². The van der Waals surface area contributed by atoms with Crippen LogP contribution in [0.15, 0.2) is 78.9 Å². The Bertz CT molecular complexity index is 903. The molecule has 0 bridgehead atoms. The molecule has 0 fully saturated rings. The van der Waals surface area contributed by atoms with Gasteiger partial charge in [0.1, 0.15) is 24.2 Å². The third-order valence-corrected chi connectivity index (χ3v) is 4.42. The molecule has 1 heterocycles. The van der Waals surface area contributed by atoms with Gasteiger partial charge in [0.15, 0.2) is 6.10 Å². The van der Waals surface area contributed by atoms with E-state index < -0.39 is 12.2 Å². The lowest BCUT2D eigenvalue weighted by Gasteiger charge is -2.28. The van der Waals surface area contributed by atoms with Crippen molar-refractivity contribution in [1.82, 2.24) is 0 Å².